The van der Waals surface area contributed by atoms with Crippen LogP contribution in [0.4, 0.5) is 0 Å². The van der Waals surface area contributed by atoms with E-state index in [0.717, 1.165) is 18.4 Å². The maximum atomic E-state index is 10.8. The summed E-state index contributed by atoms with van der Waals surface area (Å²) in [4.78, 5) is 0. The molecule has 1 nitrogen and oxygen atoms in total. The van der Waals surface area contributed by atoms with E-state index < -0.39 is 5.60 Å². The monoisotopic (exact) mass is 304 g/mol. The molecule has 0 spiro atoms. The van der Waals surface area contributed by atoms with E-state index in [1.165, 1.54) is 11.1 Å². The van der Waals surface area contributed by atoms with Crippen molar-refractivity contribution >= 4 is 0 Å². The van der Waals surface area contributed by atoms with Gasteiger partial charge in [0.05, 0.1) is 5.60 Å². The molecule has 0 heterocycles. The van der Waals surface area contributed by atoms with Gasteiger partial charge in [0, 0.05) is 11.8 Å². The predicted octanol–water partition coefficient (Wildman–Crippen LogP) is 5.02. The molecule has 1 aliphatic rings. The third-order valence-electron chi connectivity index (χ3n) is 4.82. The average Bonchev–Trinajstić information content (AvgIpc) is 2.57. The Morgan fingerprint density at radius 2 is 1.43 bits per heavy atom. The highest BCUT2D eigenvalue weighted by atomic mass is 16.3. The van der Waals surface area contributed by atoms with Gasteiger partial charge in [-0.1, -0.05) is 78.4 Å². The highest BCUT2D eigenvalue weighted by Crippen LogP contribution is 2.44. The van der Waals surface area contributed by atoms with Gasteiger partial charge in [-0.05, 0) is 30.9 Å². The Morgan fingerprint density at radius 1 is 0.913 bits per heavy atom. The van der Waals surface area contributed by atoms with Crippen molar-refractivity contribution in [3.8, 4) is 0 Å². The first-order valence-electron chi connectivity index (χ1n) is 8.22. The minimum atomic E-state index is -0.765. The van der Waals surface area contributed by atoms with E-state index in [2.05, 4.69) is 61.2 Å². The van der Waals surface area contributed by atoms with Gasteiger partial charge < -0.3 is 5.11 Å². The van der Waals surface area contributed by atoms with E-state index in [1.54, 1.807) is 0 Å². The van der Waals surface area contributed by atoms with Gasteiger partial charge in [0.2, 0.25) is 0 Å². The Hall–Kier alpha value is -2.12. The van der Waals surface area contributed by atoms with Crippen molar-refractivity contribution in [1.29, 1.82) is 0 Å². The van der Waals surface area contributed by atoms with Gasteiger partial charge in [-0.2, -0.15) is 0 Å². The standard InChI is InChI=1S/C22H24O/c1-18(2)17-21(23)13-15-22(16-14-21,19-9-5-3-6-10-19)20-11-7-4-8-12-20/h3-13,15,23H,1,14,16-17H2,2H3. The van der Waals surface area contributed by atoms with E-state index in [1.807, 2.05) is 25.1 Å². The third kappa shape index (κ3) is 3.16. The van der Waals surface area contributed by atoms with Gasteiger partial charge in [-0.15, -0.1) is 6.58 Å². The smallest absolute Gasteiger partial charge is 0.0865 e. The number of benzene rings is 2. The second kappa shape index (κ2) is 6.17. The summed E-state index contributed by atoms with van der Waals surface area (Å²) in [5.41, 5.74) is 2.65. The highest BCUT2D eigenvalue weighted by molar-refractivity contribution is 5.46. The number of aliphatic hydroxyl groups is 1. The van der Waals surface area contributed by atoms with Gasteiger partial charge in [0.25, 0.3) is 0 Å². The fraction of sp³-hybridized carbons (Fsp3) is 0.273. The first kappa shape index (κ1) is 15.8. The lowest BCUT2D eigenvalue weighted by molar-refractivity contribution is 0.0683. The van der Waals surface area contributed by atoms with Crippen LogP contribution in [0.5, 0.6) is 0 Å². The molecule has 1 atom stereocenters. The van der Waals surface area contributed by atoms with Gasteiger partial charge in [-0.25, -0.2) is 0 Å². The Balaban J connectivity index is 2.06. The molecule has 2 aromatic carbocycles. The first-order valence-corrected chi connectivity index (χ1v) is 8.22. The van der Waals surface area contributed by atoms with Crippen LogP contribution in [0.1, 0.15) is 37.3 Å². The summed E-state index contributed by atoms with van der Waals surface area (Å²) in [5, 5.41) is 10.8. The maximum Gasteiger partial charge on any atom is 0.0865 e. The molecule has 23 heavy (non-hydrogen) atoms. The number of hydrogen-bond acceptors (Lipinski definition) is 1. The zero-order valence-corrected chi connectivity index (χ0v) is 13.7. The van der Waals surface area contributed by atoms with E-state index in [-0.39, 0.29) is 5.41 Å². The van der Waals surface area contributed by atoms with Crippen LogP contribution in [0.3, 0.4) is 0 Å². The van der Waals surface area contributed by atoms with Crippen LogP contribution in [-0.2, 0) is 5.41 Å². The largest absolute Gasteiger partial charge is 0.385 e. The third-order valence-corrected chi connectivity index (χ3v) is 4.82. The molecule has 0 fully saturated rings. The molecule has 0 amide bonds. The highest BCUT2D eigenvalue weighted by Gasteiger charge is 2.39. The Kier molecular flexibility index (Phi) is 4.23. The van der Waals surface area contributed by atoms with Gasteiger partial charge in [-0.3, -0.25) is 0 Å². The van der Waals surface area contributed by atoms with Crippen molar-refractivity contribution < 1.29 is 5.11 Å². The van der Waals surface area contributed by atoms with Crippen LogP contribution in [-0.4, -0.2) is 10.7 Å². The van der Waals surface area contributed by atoms with E-state index in [0.29, 0.717) is 6.42 Å². The lowest BCUT2D eigenvalue weighted by Gasteiger charge is -2.40. The van der Waals surface area contributed by atoms with E-state index in [9.17, 15) is 5.11 Å². The summed E-state index contributed by atoms with van der Waals surface area (Å²) in [5.74, 6) is 0. The second-order valence-corrected chi connectivity index (χ2v) is 6.77. The van der Waals surface area contributed by atoms with Gasteiger partial charge in [0.15, 0.2) is 0 Å². The van der Waals surface area contributed by atoms with Crippen LogP contribution in [0.15, 0.2) is 85.0 Å². The summed E-state index contributed by atoms with van der Waals surface area (Å²) < 4.78 is 0. The molecule has 2 aromatic rings. The SMILES string of the molecule is C=C(C)CC1(O)C=CC(c2ccccc2)(c2ccccc2)CC1. The van der Waals surface area contributed by atoms with Crippen LogP contribution >= 0.6 is 0 Å². The molecule has 0 aliphatic heterocycles. The molecule has 0 aromatic heterocycles. The fourth-order valence-corrected chi connectivity index (χ4v) is 3.67. The molecule has 0 saturated carbocycles. The molecule has 0 radical (unpaired) electrons. The van der Waals surface area contributed by atoms with Crippen molar-refractivity contribution in [2.24, 2.45) is 0 Å². The molecule has 3 rings (SSSR count). The summed E-state index contributed by atoms with van der Waals surface area (Å²) >= 11 is 0. The van der Waals surface area contributed by atoms with Crippen molar-refractivity contribution in [2.75, 3.05) is 0 Å². The van der Waals surface area contributed by atoms with Crippen LogP contribution in [0.25, 0.3) is 0 Å². The number of hydrogen-bond donors (Lipinski definition) is 1. The molecular weight excluding hydrogens is 280 g/mol. The molecule has 0 saturated heterocycles. The second-order valence-electron chi connectivity index (χ2n) is 6.77. The van der Waals surface area contributed by atoms with Crippen molar-refractivity contribution in [3.05, 3.63) is 96.1 Å². The first-order chi connectivity index (χ1) is 11.0. The Bertz CT molecular complexity index is 660. The minimum Gasteiger partial charge on any atom is -0.385 e. The molecule has 0 bridgehead atoms. The normalized spacial score (nSPS) is 22.7. The molecule has 1 N–H and O–H groups in total. The molecule has 1 unspecified atom stereocenters. The quantitative estimate of drug-likeness (QED) is 0.786. The lowest BCUT2D eigenvalue weighted by atomic mass is 9.65. The zero-order chi connectivity index (χ0) is 16.3. The molecule has 118 valence electrons. The van der Waals surface area contributed by atoms with E-state index in [4.69, 9.17) is 0 Å². The molecule has 1 heteroatoms. The van der Waals surface area contributed by atoms with Crippen LogP contribution < -0.4 is 0 Å². The van der Waals surface area contributed by atoms with E-state index >= 15 is 0 Å². The van der Waals surface area contributed by atoms with Gasteiger partial charge in [0.1, 0.15) is 0 Å². The molecule has 1 aliphatic carbocycles. The minimum absolute atomic E-state index is 0.163. The topological polar surface area (TPSA) is 20.2 Å². The van der Waals surface area contributed by atoms with Crippen molar-refractivity contribution in [2.45, 2.75) is 37.2 Å². The fourth-order valence-electron chi connectivity index (χ4n) is 3.67. The van der Waals surface area contributed by atoms with Crippen LogP contribution in [0, 0.1) is 0 Å². The predicted molar refractivity (Wildman–Crippen MR) is 96.4 cm³/mol. The van der Waals surface area contributed by atoms with Crippen molar-refractivity contribution in [1.82, 2.24) is 0 Å². The average molecular weight is 304 g/mol. The lowest BCUT2D eigenvalue weighted by Crippen LogP contribution is -2.37. The summed E-state index contributed by atoms with van der Waals surface area (Å²) in [7, 11) is 0. The Labute approximate surface area is 139 Å². The Morgan fingerprint density at radius 3 is 1.83 bits per heavy atom. The summed E-state index contributed by atoms with van der Waals surface area (Å²) in [6, 6.07) is 21.2. The summed E-state index contributed by atoms with van der Waals surface area (Å²) in [6.45, 7) is 5.93. The maximum absolute atomic E-state index is 10.8. The van der Waals surface area contributed by atoms with Gasteiger partial charge >= 0.3 is 0 Å². The number of rotatable bonds is 4. The zero-order valence-electron chi connectivity index (χ0n) is 13.7. The molecular formula is C22H24O. The van der Waals surface area contributed by atoms with Crippen LogP contribution in [0.2, 0.25) is 0 Å². The van der Waals surface area contributed by atoms with Crippen molar-refractivity contribution in [3.63, 3.8) is 0 Å². The summed E-state index contributed by atoms with van der Waals surface area (Å²) in [6.07, 6.45) is 6.44. The number of allylic oxidation sites excluding steroid dienone is 1.